The van der Waals surface area contributed by atoms with E-state index in [2.05, 4.69) is 4.98 Å². The molecule has 0 spiro atoms. The Balaban J connectivity index is 1.88. The number of methoxy groups -OCH3 is 1. The Morgan fingerprint density at radius 3 is 2.21 bits per heavy atom. The molecule has 0 bridgehead atoms. The molecule has 0 saturated carbocycles. The molecule has 2 aromatic carbocycles. The number of fused-ring (bicyclic) bond motifs is 1. The van der Waals surface area contributed by atoms with E-state index in [4.69, 9.17) is 4.74 Å². The number of nitrogens with zero attached hydrogens (tertiary/aromatic N) is 4. The summed E-state index contributed by atoms with van der Waals surface area (Å²) >= 11 is 0. The van der Waals surface area contributed by atoms with Crippen LogP contribution in [0.5, 0.6) is 5.75 Å². The molecule has 0 aliphatic rings. The van der Waals surface area contributed by atoms with Crippen LogP contribution in [0.4, 0.5) is 13.2 Å². The summed E-state index contributed by atoms with van der Waals surface area (Å²) in [5.41, 5.74) is -0.334. The molecule has 0 aliphatic carbocycles. The summed E-state index contributed by atoms with van der Waals surface area (Å²) in [6.07, 6.45) is -3.01. The molecule has 0 fully saturated rings. The lowest BCUT2D eigenvalue weighted by Gasteiger charge is -2.14. The van der Waals surface area contributed by atoms with Crippen molar-refractivity contribution < 1.29 is 17.9 Å². The molecule has 0 saturated heterocycles. The minimum absolute atomic E-state index is 0.0263. The number of aromatic nitrogens is 4. The smallest absolute Gasteiger partial charge is 0.416 e. The SMILES string of the molecule is COc1ccc(-n2c(=O)n(CC(C)C)c(=O)c3c2ncn3Cc2ccc(C(F)(F)F)cc2)cc1. The van der Waals surface area contributed by atoms with Gasteiger partial charge in [-0.2, -0.15) is 13.2 Å². The van der Waals surface area contributed by atoms with Crippen molar-refractivity contribution in [3.63, 3.8) is 0 Å². The first-order chi connectivity index (χ1) is 16.1. The second-order valence-electron chi connectivity index (χ2n) is 8.36. The normalized spacial score (nSPS) is 12.0. The van der Waals surface area contributed by atoms with Gasteiger partial charge in [-0.15, -0.1) is 0 Å². The summed E-state index contributed by atoms with van der Waals surface area (Å²) in [7, 11) is 1.53. The number of hydrogen-bond donors (Lipinski definition) is 0. The number of rotatable bonds is 6. The third-order valence-electron chi connectivity index (χ3n) is 5.41. The fourth-order valence-corrected chi connectivity index (χ4v) is 3.79. The second-order valence-corrected chi connectivity index (χ2v) is 8.36. The van der Waals surface area contributed by atoms with Crippen LogP contribution in [-0.4, -0.2) is 25.8 Å². The maximum Gasteiger partial charge on any atom is 0.416 e. The number of benzene rings is 2. The lowest BCUT2D eigenvalue weighted by molar-refractivity contribution is -0.137. The van der Waals surface area contributed by atoms with Crippen LogP contribution >= 0.6 is 0 Å². The predicted octanol–water partition coefficient (Wildman–Crippen LogP) is 4.08. The van der Waals surface area contributed by atoms with Crippen LogP contribution in [0.2, 0.25) is 0 Å². The molecule has 34 heavy (non-hydrogen) atoms. The van der Waals surface area contributed by atoms with E-state index in [1.165, 1.54) is 34.7 Å². The standard InChI is InChI=1S/C24H23F3N4O3/c1-15(2)12-30-22(32)20-21(31(23(30)33)18-8-10-19(34-3)11-9-18)28-14-29(20)13-16-4-6-17(7-5-16)24(25,26)27/h4-11,14-15H,12-13H2,1-3H3. The average molecular weight is 472 g/mol. The molecule has 2 aromatic heterocycles. The van der Waals surface area contributed by atoms with E-state index in [1.807, 2.05) is 13.8 Å². The van der Waals surface area contributed by atoms with Gasteiger partial charge in [0.05, 0.1) is 24.7 Å². The molecule has 0 aliphatic heterocycles. The van der Waals surface area contributed by atoms with E-state index in [1.54, 1.807) is 28.8 Å². The minimum atomic E-state index is -4.43. The highest BCUT2D eigenvalue weighted by molar-refractivity contribution is 5.72. The van der Waals surface area contributed by atoms with Gasteiger partial charge >= 0.3 is 11.9 Å². The number of hydrogen-bond acceptors (Lipinski definition) is 4. The molecular formula is C24H23F3N4O3. The highest BCUT2D eigenvalue weighted by Gasteiger charge is 2.30. The molecule has 0 N–H and O–H groups in total. The maximum atomic E-state index is 13.3. The van der Waals surface area contributed by atoms with Crippen LogP contribution in [0, 0.1) is 5.92 Å². The van der Waals surface area contributed by atoms with Crippen LogP contribution in [0.1, 0.15) is 25.0 Å². The molecule has 178 valence electrons. The Labute approximate surface area is 192 Å². The van der Waals surface area contributed by atoms with Gasteiger partial charge in [0.2, 0.25) is 0 Å². The quantitative estimate of drug-likeness (QED) is 0.424. The maximum absolute atomic E-state index is 13.3. The van der Waals surface area contributed by atoms with Gasteiger partial charge in [-0.3, -0.25) is 9.36 Å². The molecule has 10 heteroatoms. The summed E-state index contributed by atoms with van der Waals surface area (Å²) in [6.45, 7) is 4.11. The van der Waals surface area contributed by atoms with Crippen LogP contribution in [0.15, 0.2) is 64.4 Å². The summed E-state index contributed by atoms with van der Waals surface area (Å²) in [5.74, 6) is 0.634. The van der Waals surface area contributed by atoms with E-state index >= 15 is 0 Å². The van der Waals surface area contributed by atoms with Gasteiger partial charge in [-0.05, 0) is 47.9 Å². The van der Waals surface area contributed by atoms with Crippen LogP contribution < -0.4 is 16.0 Å². The molecule has 7 nitrogen and oxygen atoms in total. The molecule has 4 aromatic rings. The van der Waals surface area contributed by atoms with E-state index in [0.29, 0.717) is 17.0 Å². The van der Waals surface area contributed by atoms with Crippen LogP contribution in [-0.2, 0) is 19.3 Å². The van der Waals surface area contributed by atoms with Gasteiger partial charge in [0.25, 0.3) is 5.56 Å². The Morgan fingerprint density at radius 2 is 1.65 bits per heavy atom. The van der Waals surface area contributed by atoms with Gasteiger partial charge in [0.15, 0.2) is 11.2 Å². The third kappa shape index (κ3) is 4.35. The van der Waals surface area contributed by atoms with Gasteiger partial charge in [0, 0.05) is 13.1 Å². The van der Waals surface area contributed by atoms with E-state index in [9.17, 15) is 22.8 Å². The highest BCUT2D eigenvalue weighted by Crippen LogP contribution is 2.29. The summed E-state index contributed by atoms with van der Waals surface area (Å²) in [6, 6.07) is 11.5. The average Bonchev–Trinajstić information content (AvgIpc) is 3.20. The van der Waals surface area contributed by atoms with Crippen molar-refractivity contribution in [1.82, 2.24) is 18.7 Å². The summed E-state index contributed by atoms with van der Waals surface area (Å²) in [5, 5.41) is 0. The number of ether oxygens (including phenoxy) is 1. The highest BCUT2D eigenvalue weighted by atomic mass is 19.4. The number of halogens is 3. The van der Waals surface area contributed by atoms with E-state index in [0.717, 1.165) is 12.1 Å². The van der Waals surface area contributed by atoms with Crippen molar-refractivity contribution in [3.8, 4) is 11.4 Å². The third-order valence-corrected chi connectivity index (χ3v) is 5.41. The lowest BCUT2D eigenvalue weighted by atomic mass is 10.1. The van der Waals surface area contributed by atoms with Crippen LogP contribution in [0.25, 0.3) is 16.9 Å². The van der Waals surface area contributed by atoms with E-state index < -0.39 is 23.0 Å². The van der Waals surface area contributed by atoms with Crippen molar-refractivity contribution in [2.24, 2.45) is 5.92 Å². The molecule has 0 radical (unpaired) electrons. The van der Waals surface area contributed by atoms with E-state index in [-0.39, 0.29) is 30.2 Å². The Kier molecular flexibility index (Phi) is 6.07. The molecule has 4 rings (SSSR count). The topological polar surface area (TPSA) is 71.1 Å². The zero-order valence-corrected chi connectivity index (χ0v) is 18.8. The zero-order valence-electron chi connectivity index (χ0n) is 18.8. The first kappa shape index (κ1) is 23.3. The molecule has 0 atom stereocenters. The van der Waals surface area contributed by atoms with Crippen molar-refractivity contribution in [1.29, 1.82) is 0 Å². The van der Waals surface area contributed by atoms with Gasteiger partial charge < -0.3 is 9.30 Å². The zero-order chi connectivity index (χ0) is 24.6. The fraction of sp³-hybridized carbons (Fsp3) is 0.292. The number of alkyl halides is 3. The second kappa shape index (κ2) is 8.85. The predicted molar refractivity (Wildman–Crippen MR) is 122 cm³/mol. The van der Waals surface area contributed by atoms with Crippen molar-refractivity contribution in [3.05, 3.63) is 86.8 Å². The van der Waals surface area contributed by atoms with Crippen molar-refractivity contribution in [2.75, 3.05) is 7.11 Å². The van der Waals surface area contributed by atoms with Gasteiger partial charge in [-0.1, -0.05) is 26.0 Å². The van der Waals surface area contributed by atoms with Gasteiger partial charge in [0.1, 0.15) is 5.75 Å². The number of imidazole rings is 1. The van der Waals surface area contributed by atoms with Crippen LogP contribution in [0.3, 0.4) is 0 Å². The van der Waals surface area contributed by atoms with Crippen molar-refractivity contribution in [2.45, 2.75) is 33.1 Å². The van der Waals surface area contributed by atoms with Crippen molar-refractivity contribution >= 4 is 11.2 Å². The summed E-state index contributed by atoms with van der Waals surface area (Å²) in [4.78, 5) is 31.0. The molecule has 2 heterocycles. The lowest BCUT2D eigenvalue weighted by Crippen LogP contribution is -2.41. The minimum Gasteiger partial charge on any atom is -0.497 e. The van der Waals surface area contributed by atoms with Gasteiger partial charge in [-0.25, -0.2) is 14.3 Å². The molecular weight excluding hydrogens is 449 g/mol. The summed E-state index contributed by atoms with van der Waals surface area (Å²) < 4.78 is 48.0. The molecule has 0 unspecified atom stereocenters. The Morgan fingerprint density at radius 1 is 1.00 bits per heavy atom. The largest absolute Gasteiger partial charge is 0.497 e. The fourth-order valence-electron chi connectivity index (χ4n) is 3.79. The first-order valence-electron chi connectivity index (χ1n) is 10.6. The molecule has 0 amide bonds. The monoisotopic (exact) mass is 472 g/mol. The Hall–Kier alpha value is -3.82. The first-order valence-corrected chi connectivity index (χ1v) is 10.6. The Bertz CT molecular complexity index is 1430.